The van der Waals surface area contributed by atoms with Crippen molar-refractivity contribution in [1.29, 1.82) is 0 Å². The van der Waals surface area contributed by atoms with Crippen molar-refractivity contribution in [3.63, 3.8) is 0 Å². The van der Waals surface area contributed by atoms with Gasteiger partial charge in [-0.05, 0) is 104 Å². The van der Waals surface area contributed by atoms with Crippen LogP contribution in [0.4, 0.5) is 21.0 Å². The lowest BCUT2D eigenvalue weighted by Crippen LogP contribution is -2.52. The van der Waals surface area contributed by atoms with Crippen molar-refractivity contribution in [2.24, 2.45) is 0 Å². The summed E-state index contributed by atoms with van der Waals surface area (Å²) in [5.41, 5.74) is 1.82. The molecule has 1 aromatic carbocycles. The summed E-state index contributed by atoms with van der Waals surface area (Å²) in [5.74, 6) is 0. The molecule has 0 unspecified atom stereocenters. The van der Waals surface area contributed by atoms with Gasteiger partial charge >= 0.3 is 20.6 Å². The third-order valence-corrected chi connectivity index (χ3v) is 14.0. The molecule has 8 nitrogen and oxygen atoms in total. The number of anilines is 2. The Kier molecular flexibility index (Phi) is 10.6. The van der Waals surface area contributed by atoms with Crippen LogP contribution >= 0.6 is 0 Å². The van der Waals surface area contributed by atoms with Crippen molar-refractivity contribution < 1.29 is 17.8 Å². The maximum absolute atomic E-state index is 12.4. The van der Waals surface area contributed by atoms with E-state index in [1.807, 2.05) is 39.8 Å². The molecule has 0 heterocycles. The van der Waals surface area contributed by atoms with Crippen molar-refractivity contribution in [1.82, 2.24) is 10.6 Å². The van der Waals surface area contributed by atoms with Crippen molar-refractivity contribution in [3.05, 3.63) is 23.8 Å². The molecular formula is C23H46N4O4Si3. The zero-order chi connectivity index (χ0) is 26.4. The lowest BCUT2D eigenvalue weighted by atomic mass is 10.1. The zero-order valence-corrected chi connectivity index (χ0v) is 26.0. The molecule has 0 aliphatic carbocycles. The largest absolute Gasteiger partial charge is 0.437 e. The van der Waals surface area contributed by atoms with Gasteiger partial charge in [-0.2, -0.15) is 0 Å². The van der Waals surface area contributed by atoms with Crippen molar-refractivity contribution in [2.45, 2.75) is 91.5 Å². The molecule has 4 amide bonds. The number of nitrogens with one attached hydrogen (secondary N) is 4. The van der Waals surface area contributed by atoms with Crippen molar-refractivity contribution >= 4 is 48.6 Å². The second-order valence-electron chi connectivity index (χ2n) is 11.9. The van der Waals surface area contributed by atoms with E-state index >= 15 is 0 Å². The molecule has 0 saturated carbocycles. The Bertz CT molecular complexity index is 830. The number of carbonyl (C=O) groups is 2. The van der Waals surface area contributed by atoms with Gasteiger partial charge in [0.15, 0.2) is 16.6 Å². The van der Waals surface area contributed by atoms with Gasteiger partial charge in [0, 0.05) is 23.5 Å². The van der Waals surface area contributed by atoms with Gasteiger partial charge in [-0.1, -0.05) is 6.07 Å². The van der Waals surface area contributed by atoms with E-state index < -0.39 is 25.2 Å². The average Bonchev–Trinajstić information content (AvgIpc) is 2.56. The van der Waals surface area contributed by atoms with Crippen molar-refractivity contribution in [2.75, 3.05) is 17.2 Å². The predicted octanol–water partition coefficient (Wildman–Crippen LogP) is 6.20. The molecule has 0 aliphatic rings. The van der Waals surface area contributed by atoms with Crippen LogP contribution in [0.15, 0.2) is 18.2 Å². The molecular weight excluding hydrogens is 481 g/mol. The molecule has 11 heteroatoms. The van der Waals surface area contributed by atoms with Crippen LogP contribution in [0.5, 0.6) is 0 Å². The maximum Gasteiger partial charge on any atom is 0.319 e. The molecule has 0 atom stereocenters. The predicted molar refractivity (Wildman–Crippen MR) is 150 cm³/mol. The highest BCUT2D eigenvalue weighted by atomic mass is 28.5. The number of carbonyl (C=O) groups excluding carboxylic acids is 2. The minimum absolute atomic E-state index is 0.283. The van der Waals surface area contributed by atoms with Gasteiger partial charge in [0.1, 0.15) is 0 Å². The SMILES string of the molecule is Cc1ccc(NC(=O)NCCC[Si](C)(O[Si](C)(C)C)O[Si](C)(C)C)cc1NC(=O)NC(C)(C)C. The second kappa shape index (κ2) is 11.8. The van der Waals surface area contributed by atoms with Crippen LogP contribution in [-0.4, -0.2) is 49.3 Å². The van der Waals surface area contributed by atoms with Crippen LogP contribution in [0.2, 0.25) is 51.9 Å². The quantitative estimate of drug-likeness (QED) is 0.215. The molecule has 0 bridgehead atoms. The molecule has 194 valence electrons. The van der Waals surface area contributed by atoms with Crippen LogP contribution in [0, 0.1) is 6.92 Å². The topological polar surface area (TPSA) is 101 Å². The highest BCUT2D eigenvalue weighted by Gasteiger charge is 2.39. The van der Waals surface area contributed by atoms with Gasteiger partial charge in [0.25, 0.3) is 0 Å². The molecule has 34 heavy (non-hydrogen) atoms. The number of aryl methyl sites for hydroxylation is 1. The summed E-state index contributed by atoms with van der Waals surface area (Å²) in [6.07, 6.45) is 0.790. The molecule has 0 saturated heterocycles. The molecule has 0 aliphatic heterocycles. The molecule has 1 aromatic rings. The first-order valence-corrected chi connectivity index (χ1v) is 21.3. The fourth-order valence-corrected chi connectivity index (χ4v) is 16.1. The third kappa shape index (κ3) is 13.3. The Morgan fingerprint density at radius 2 is 1.44 bits per heavy atom. The minimum atomic E-state index is -2.31. The highest BCUT2D eigenvalue weighted by molar-refractivity contribution is 6.87. The van der Waals surface area contributed by atoms with Crippen LogP contribution in [0.3, 0.4) is 0 Å². The summed E-state index contributed by atoms with van der Waals surface area (Å²) in [7, 11) is -5.78. The Labute approximate surface area is 209 Å². The number of benzene rings is 1. The third-order valence-electron chi connectivity index (χ3n) is 4.37. The van der Waals surface area contributed by atoms with E-state index in [1.54, 1.807) is 6.07 Å². The van der Waals surface area contributed by atoms with Gasteiger partial charge in [0.2, 0.25) is 0 Å². The van der Waals surface area contributed by atoms with Crippen molar-refractivity contribution in [3.8, 4) is 0 Å². The zero-order valence-electron chi connectivity index (χ0n) is 23.0. The number of amides is 4. The van der Waals surface area contributed by atoms with E-state index in [0.717, 1.165) is 18.0 Å². The fraction of sp³-hybridized carbons (Fsp3) is 0.652. The Balaban J connectivity index is 2.64. The van der Waals surface area contributed by atoms with Crippen LogP contribution in [0.25, 0.3) is 0 Å². The molecule has 0 radical (unpaired) electrons. The van der Waals surface area contributed by atoms with Gasteiger partial charge in [-0.3, -0.25) is 0 Å². The Morgan fingerprint density at radius 3 is 1.94 bits per heavy atom. The number of hydrogen-bond acceptors (Lipinski definition) is 4. The molecule has 0 aromatic heterocycles. The number of urea groups is 2. The summed E-state index contributed by atoms with van der Waals surface area (Å²) in [4.78, 5) is 24.6. The smallest absolute Gasteiger partial charge is 0.319 e. The second-order valence-corrected chi connectivity index (χ2v) is 24.8. The fourth-order valence-electron chi connectivity index (χ4n) is 3.53. The van der Waals surface area contributed by atoms with E-state index in [1.165, 1.54) is 0 Å². The van der Waals surface area contributed by atoms with E-state index in [2.05, 4.69) is 67.1 Å². The van der Waals surface area contributed by atoms with Gasteiger partial charge in [0.05, 0.1) is 0 Å². The molecule has 1 rings (SSSR count). The lowest BCUT2D eigenvalue weighted by molar-refractivity contribution is 0.243. The normalized spacial score (nSPS) is 12.8. The summed E-state index contributed by atoms with van der Waals surface area (Å²) in [6, 6.07) is 5.70. The van der Waals surface area contributed by atoms with Gasteiger partial charge in [-0.25, -0.2) is 9.59 Å². The summed E-state index contributed by atoms with van der Waals surface area (Å²) < 4.78 is 13.0. The Hall–Kier alpha value is -1.67. The first-order chi connectivity index (χ1) is 15.3. The first-order valence-electron chi connectivity index (χ1n) is 11.9. The lowest BCUT2D eigenvalue weighted by Gasteiger charge is -2.38. The molecule has 0 fully saturated rings. The van der Waals surface area contributed by atoms with Crippen LogP contribution in [0.1, 0.15) is 32.8 Å². The average molecular weight is 527 g/mol. The number of hydrogen-bond donors (Lipinski definition) is 4. The summed E-state index contributed by atoms with van der Waals surface area (Å²) in [6.45, 7) is 23.5. The van der Waals surface area contributed by atoms with E-state index in [-0.39, 0.29) is 17.6 Å². The monoisotopic (exact) mass is 526 g/mol. The molecule has 4 N–H and O–H groups in total. The Morgan fingerprint density at radius 1 is 0.882 bits per heavy atom. The van der Waals surface area contributed by atoms with Crippen LogP contribution in [-0.2, 0) is 8.23 Å². The van der Waals surface area contributed by atoms with E-state index in [0.29, 0.717) is 17.9 Å². The standard InChI is InChI=1S/C23H46N4O4Si3/c1-18-13-14-19(17-20(18)26-22(29)27-23(2,3)4)25-21(28)24-15-12-16-34(11,30-32(5,6)7)31-33(8,9)10/h13-14,17H,12,15-16H2,1-11H3,(H2,24,25,28)(H2,26,27,29). The first kappa shape index (κ1) is 30.4. The summed E-state index contributed by atoms with van der Waals surface area (Å²) in [5, 5.41) is 11.5. The van der Waals surface area contributed by atoms with Crippen LogP contribution < -0.4 is 21.3 Å². The van der Waals surface area contributed by atoms with Gasteiger partial charge < -0.3 is 29.5 Å². The highest BCUT2D eigenvalue weighted by Crippen LogP contribution is 2.25. The number of rotatable bonds is 10. The minimum Gasteiger partial charge on any atom is -0.437 e. The summed E-state index contributed by atoms with van der Waals surface area (Å²) >= 11 is 0. The maximum atomic E-state index is 12.4. The van der Waals surface area contributed by atoms with E-state index in [9.17, 15) is 9.59 Å². The molecule has 0 spiro atoms. The van der Waals surface area contributed by atoms with Gasteiger partial charge in [-0.15, -0.1) is 0 Å². The van der Waals surface area contributed by atoms with E-state index in [4.69, 9.17) is 8.23 Å².